The number of rotatable bonds is 7. The van der Waals surface area contributed by atoms with Gasteiger partial charge >= 0.3 is 0 Å². The molecule has 0 aliphatic heterocycles. The maximum Gasteiger partial charge on any atom is 0.235 e. The molecule has 6 heteroatoms. The minimum atomic E-state index is -3.47. The van der Waals surface area contributed by atoms with Crippen molar-refractivity contribution in [3.05, 3.63) is 35.9 Å². The standard InChI is InChI=1S/C15H24N2O3S/c1-12(2)10-16-15(18)11-17(21(4,19)20)13(3)14-8-6-5-7-9-14/h5-9,12-13H,10-11H2,1-4H3,(H,16,18). The first kappa shape index (κ1) is 17.7. The Balaban J connectivity index is 2.85. The van der Waals surface area contributed by atoms with E-state index < -0.39 is 10.0 Å². The fourth-order valence-corrected chi connectivity index (χ4v) is 3.00. The fourth-order valence-electron chi connectivity index (χ4n) is 1.95. The number of hydrogen-bond acceptors (Lipinski definition) is 3. The topological polar surface area (TPSA) is 66.5 Å². The molecular formula is C15H24N2O3S. The molecule has 0 aromatic heterocycles. The Labute approximate surface area is 127 Å². The summed E-state index contributed by atoms with van der Waals surface area (Å²) in [7, 11) is -3.47. The van der Waals surface area contributed by atoms with Gasteiger partial charge in [0, 0.05) is 12.6 Å². The van der Waals surface area contributed by atoms with Crippen molar-refractivity contribution in [2.24, 2.45) is 5.92 Å². The van der Waals surface area contributed by atoms with Crippen LogP contribution in [0.5, 0.6) is 0 Å². The second-order valence-corrected chi connectivity index (χ2v) is 7.53. The number of hydrogen-bond donors (Lipinski definition) is 1. The molecule has 0 heterocycles. The molecule has 1 aromatic carbocycles. The van der Waals surface area contributed by atoms with E-state index in [-0.39, 0.29) is 18.5 Å². The highest BCUT2D eigenvalue weighted by atomic mass is 32.2. The van der Waals surface area contributed by atoms with Crippen LogP contribution in [0.1, 0.15) is 32.4 Å². The molecule has 1 rings (SSSR count). The summed E-state index contributed by atoms with van der Waals surface area (Å²) in [6, 6.07) is 8.90. The SMILES string of the molecule is CC(C)CNC(=O)CN(C(C)c1ccccc1)S(C)(=O)=O. The van der Waals surface area contributed by atoms with Gasteiger partial charge in [0.05, 0.1) is 12.8 Å². The average Bonchev–Trinajstić information content (AvgIpc) is 2.41. The third-order valence-corrected chi connectivity index (χ3v) is 4.44. The van der Waals surface area contributed by atoms with Crippen molar-refractivity contribution in [3.8, 4) is 0 Å². The molecular weight excluding hydrogens is 288 g/mol. The normalized spacial score (nSPS) is 13.4. The van der Waals surface area contributed by atoms with Crippen molar-refractivity contribution in [1.29, 1.82) is 0 Å². The molecule has 21 heavy (non-hydrogen) atoms. The van der Waals surface area contributed by atoms with Gasteiger partial charge in [0.1, 0.15) is 0 Å². The number of amides is 1. The molecule has 0 radical (unpaired) electrons. The van der Waals surface area contributed by atoms with Gasteiger partial charge in [-0.1, -0.05) is 44.2 Å². The molecule has 0 saturated carbocycles. The molecule has 0 fully saturated rings. The summed E-state index contributed by atoms with van der Waals surface area (Å²) in [5.41, 5.74) is 0.861. The summed E-state index contributed by atoms with van der Waals surface area (Å²) in [6.07, 6.45) is 1.13. The summed E-state index contributed by atoms with van der Waals surface area (Å²) in [5, 5.41) is 2.75. The highest BCUT2D eigenvalue weighted by Gasteiger charge is 2.26. The average molecular weight is 312 g/mol. The lowest BCUT2D eigenvalue weighted by atomic mass is 10.1. The van der Waals surface area contributed by atoms with Crippen LogP contribution in [0, 0.1) is 5.92 Å². The van der Waals surface area contributed by atoms with Gasteiger partial charge in [-0.05, 0) is 18.4 Å². The number of nitrogens with zero attached hydrogens (tertiary/aromatic N) is 1. The van der Waals surface area contributed by atoms with Crippen LogP contribution in [-0.2, 0) is 14.8 Å². The number of carbonyl (C=O) groups excluding carboxylic acids is 1. The van der Waals surface area contributed by atoms with Crippen molar-refractivity contribution in [2.75, 3.05) is 19.3 Å². The Kier molecular flexibility index (Phi) is 6.36. The Hall–Kier alpha value is -1.40. The van der Waals surface area contributed by atoms with Crippen LogP contribution in [0.3, 0.4) is 0 Å². The van der Waals surface area contributed by atoms with Crippen LogP contribution in [0.15, 0.2) is 30.3 Å². The molecule has 1 atom stereocenters. The lowest BCUT2D eigenvalue weighted by Crippen LogP contribution is -2.42. The Morgan fingerprint density at radius 2 is 1.76 bits per heavy atom. The van der Waals surface area contributed by atoms with Crippen molar-refractivity contribution in [2.45, 2.75) is 26.8 Å². The summed E-state index contributed by atoms with van der Waals surface area (Å²) in [5.74, 6) is 0.0455. The highest BCUT2D eigenvalue weighted by Crippen LogP contribution is 2.22. The van der Waals surface area contributed by atoms with Crippen LogP contribution in [0.2, 0.25) is 0 Å². The van der Waals surface area contributed by atoms with Crippen LogP contribution < -0.4 is 5.32 Å². The lowest BCUT2D eigenvalue weighted by Gasteiger charge is -2.26. The third kappa shape index (κ3) is 5.85. The molecule has 0 aliphatic carbocycles. The van der Waals surface area contributed by atoms with Gasteiger partial charge in [-0.3, -0.25) is 4.79 Å². The number of carbonyl (C=O) groups is 1. The van der Waals surface area contributed by atoms with E-state index in [2.05, 4.69) is 5.32 Å². The number of nitrogens with one attached hydrogen (secondary N) is 1. The van der Waals surface area contributed by atoms with Gasteiger partial charge < -0.3 is 5.32 Å². The predicted octanol–water partition coefficient (Wildman–Crippen LogP) is 1.78. The fraction of sp³-hybridized carbons (Fsp3) is 0.533. The van der Waals surface area contributed by atoms with Crippen LogP contribution >= 0.6 is 0 Å². The van der Waals surface area contributed by atoms with Crippen molar-refractivity contribution < 1.29 is 13.2 Å². The second-order valence-electron chi connectivity index (χ2n) is 5.59. The summed E-state index contributed by atoms with van der Waals surface area (Å²) in [6.45, 7) is 6.13. The second kappa shape index (κ2) is 7.56. The van der Waals surface area contributed by atoms with Crippen molar-refractivity contribution in [3.63, 3.8) is 0 Å². The molecule has 1 N–H and O–H groups in total. The molecule has 0 aliphatic rings. The van der Waals surface area contributed by atoms with E-state index in [1.807, 2.05) is 44.2 Å². The van der Waals surface area contributed by atoms with Crippen molar-refractivity contribution >= 4 is 15.9 Å². The van der Waals surface area contributed by atoms with Crippen LogP contribution in [0.25, 0.3) is 0 Å². The van der Waals surface area contributed by atoms with E-state index in [0.717, 1.165) is 11.8 Å². The van der Waals surface area contributed by atoms with E-state index in [0.29, 0.717) is 12.5 Å². The first-order chi connectivity index (χ1) is 9.71. The maximum absolute atomic E-state index is 12.0. The molecule has 1 amide bonds. The minimum absolute atomic E-state index is 0.165. The molecule has 5 nitrogen and oxygen atoms in total. The zero-order valence-electron chi connectivity index (χ0n) is 13.0. The smallest absolute Gasteiger partial charge is 0.235 e. The zero-order chi connectivity index (χ0) is 16.0. The summed E-state index contributed by atoms with van der Waals surface area (Å²) < 4.78 is 25.2. The maximum atomic E-state index is 12.0. The van der Waals surface area contributed by atoms with Gasteiger partial charge in [-0.15, -0.1) is 0 Å². The highest BCUT2D eigenvalue weighted by molar-refractivity contribution is 7.88. The number of benzene rings is 1. The van der Waals surface area contributed by atoms with Gasteiger partial charge in [0.25, 0.3) is 0 Å². The van der Waals surface area contributed by atoms with Gasteiger partial charge in [-0.2, -0.15) is 4.31 Å². The van der Waals surface area contributed by atoms with E-state index in [4.69, 9.17) is 0 Å². The van der Waals surface area contributed by atoms with Gasteiger partial charge in [0.15, 0.2) is 0 Å². The molecule has 0 saturated heterocycles. The molecule has 118 valence electrons. The molecule has 1 aromatic rings. The molecule has 1 unspecified atom stereocenters. The third-order valence-electron chi connectivity index (χ3n) is 3.15. The Morgan fingerprint density at radius 1 is 1.19 bits per heavy atom. The van der Waals surface area contributed by atoms with Crippen molar-refractivity contribution in [1.82, 2.24) is 9.62 Å². The largest absolute Gasteiger partial charge is 0.355 e. The summed E-state index contributed by atoms with van der Waals surface area (Å²) >= 11 is 0. The first-order valence-corrected chi connectivity index (χ1v) is 8.85. The van der Waals surface area contributed by atoms with Gasteiger partial charge in [0.2, 0.25) is 15.9 Å². The van der Waals surface area contributed by atoms with E-state index in [1.165, 1.54) is 4.31 Å². The Bertz CT molecular complexity index is 556. The van der Waals surface area contributed by atoms with Gasteiger partial charge in [-0.25, -0.2) is 8.42 Å². The predicted molar refractivity (Wildman–Crippen MR) is 84.3 cm³/mol. The van der Waals surface area contributed by atoms with Crippen LogP contribution in [-0.4, -0.2) is 38.0 Å². The quantitative estimate of drug-likeness (QED) is 0.834. The Morgan fingerprint density at radius 3 is 2.24 bits per heavy atom. The monoisotopic (exact) mass is 312 g/mol. The lowest BCUT2D eigenvalue weighted by molar-refractivity contribution is -0.121. The minimum Gasteiger partial charge on any atom is -0.355 e. The summed E-state index contributed by atoms with van der Waals surface area (Å²) in [4.78, 5) is 11.9. The number of sulfonamides is 1. The first-order valence-electron chi connectivity index (χ1n) is 7.00. The zero-order valence-corrected chi connectivity index (χ0v) is 13.9. The van der Waals surface area contributed by atoms with E-state index in [1.54, 1.807) is 6.92 Å². The van der Waals surface area contributed by atoms with E-state index >= 15 is 0 Å². The molecule has 0 bridgehead atoms. The van der Waals surface area contributed by atoms with Crippen LogP contribution in [0.4, 0.5) is 0 Å². The molecule has 0 spiro atoms. The van der Waals surface area contributed by atoms with E-state index in [9.17, 15) is 13.2 Å².